The lowest BCUT2D eigenvalue weighted by Crippen LogP contribution is -2.25. The number of rotatable bonds is 7. The Hall–Kier alpha value is -0.770. The fraction of sp³-hybridized carbons (Fsp3) is 0.571. The topological polar surface area (TPSA) is 44.5 Å². The molecule has 0 saturated carbocycles. The Bertz CT molecular complexity index is 371. The molecule has 0 saturated heterocycles. The van der Waals surface area contributed by atoms with E-state index in [2.05, 4.69) is 13.8 Å². The third-order valence-electron chi connectivity index (χ3n) is 3.14. The molecule has 4 heteroatoms. The van der Waals surface area contributed by atoms with Gasteiger partial charge in [-0.1, -0.05) is 31.5 Å². The molecule has 0 aliphatic carbocycles. The summed E-state index contributed by atoms with van der Waals surface area (Å²) in [5, 5.41) is 0.618. The van der Waals surface area contributed by atoms with Gasteiger partial charge in [0.2, 0.25) is 0 Å². The van der Waals surface area contributed by atoms with Gasteiger partial charge in [0, 0.05) is 13.2 Å². The predicted molar refractivity (Wildman–Crippen MR) is 75.5 cm³/mol. The van der Waals surface area contributed by atoms with Gasteiger partial charge in [-0.05, 0) is 30.0 Å². The van der Waals surface area contributed by atoms with E-state index < -0.39 is 0 Å². The highest BCUT2D eigenvalue weighted by atomic mass is 35.5. The van der Waals surface area contributed by atoms with E-state index in [9.17, 15) is 0 Å². The van der Waals surface area contributed by atoms with Gasteiger partial charge >= 0.3 is 0 Å². The Morgan fingerprint density at radius 2 is 2.06 bits per heavy atom. The Labute approximate surface area is 114 Å². The van der Waals surface area contributed by atoms with E-state index in [1.807, 2.05) is 18.2 Å². The van der Waals surface area contributed by atoms with Crippen molar-refractivity contribution in [3.63, 3.8) is 0 Å². The predicted octanol–water partition coefficient (Wildman–Crippen LogP) is 3.21. The van der Waals surface area contributed by atoms with Crippen LogP contribution in [0.4, 0.5) is 0 Å². The van der Waals surface area contributed by atoms with E-state index in [0.29, 0.717) is 24.0 Å². The maximum atomic E-state index is 6.10. The molecule has 2 atom stereocenters. The fourth-order valence-electron chi connectivity index (χ4n) is 1.75. The quantitative estimate of drug-likeness (QED) is 0.775. The number of hydrogen-bond donors (Lipinski definition) is 1. The van der Waals surface area contributed by atoms with Crippen LogP contribution in [0.25, 0.3) is 0 Å². The molecule has 0 aliphatic rings. The highest BCUT2D eigenvalue weighted by molar-refractivity contribution is 6.32. The second-order valence-corrected chi connectivity index (χ2v) is 4.80. The van der Waals surface area contributed by atoms with Crippen molar-refractivity contribution in [2.24, 2.45) is 5.73 Å². The Balaban J connectivity index is 2.79. The van der Waals surface area contributed by atoms with Crippen LogP contribution < -0.4 is 10.5 Å². The van der Waals surface area contributed by atoms with E-state index in [-0.39, 0.29) is 12.0 Å². The summed E-state index contributed by atoms with van der Waals surface area (Å²) in [5.74, 6) is 0.985. The minimum absolute atomic E-state index is 0.151. The molecule has 1 aromatic carbocycles. The van der Waals surface area contributed by atoms with Crippen molar-refractivity contribution >= 4 is 11.6 Å². The summed E-state index contributed by atoms with van der Waals surface area (Å²) in [7, 11) is 1.64. The average molecular weight is 272 g/mol. The van der Waals surface area contributed by atoms with Crippen LogP contribution in [-0.4, -0.2) is 26.4 Å². The zero-order valence-corrected chi connectivity index (χ0v) is 12.0. The van der Waals surface area contributed by atoms with E-state index in [4.69, 9.17) is 26.8 Å². The molecule has 18 heavy (non-hydrogen) atoms. The number of methoxy groups -OCH3 is 1. The van der Waals surface area contributed by atoms with Crippen molar-refractivity contribution in [1.82, 2.24) is 0 Å². The van der Waals surface area contributed by atoms with Crippen molar-refractivity contribution in [3.8, 4) is 5.75 Å². The first kappa shape index (κ1) is 15.3. The highest BCUT2D eigenvalue weighted by Gasteiger charge is 2.14. The maximum absolute atomic E-state index is 6.10. The lowest BCUT2D eigenvalue weighted by Gasteiger charge is -2.20. The molecule has 0 amide bonds. The van der Waals surface area contributed by atoms with Crippen molar-refractivity contribution in [2.45, 2.75) is 32.2 Å². The molecular formula is C14H22ClNO2. The minimum atomic E-state index is 0.151. The van der Waals surface area contributed by atoms with Gasteiger partial charge in [0.05, 0.1) is 11.6 Å². The van der Waals surface area contributed by atoms with Crippen LogP contribution in [0.5, 0.6) is 5.75 Å². The zero-order valence-electron chi connectivity index (χ0n) is 11.3. The molecule has 0 aromatic heterocycles. The van der Waals surface area contributed by atoms with Crippen LogP contribution in [0, 0.1) is 0 Å². The van der Waals surface area contributed by atoms with E-state index in [1.54, 1.807) is 7.11 Å². The van der Waals surface area contributed by atoms with Crippen LogP contribution >= 0.6 is 11.6 Å². The van der Waals surface area contributed by atoms with Gasteiger partial charge in [0.25, 0.3) is 0 Å². The van der Waals surface area contributed by atoms with Gasteiger partial charge in [-0.25, -0.2) is 0 Å². The molecule has 2 N–H and O–H groups in total. The molecule has 0 bridgehead atoms. The number of ether oxygens (including phenoxy) is 2. The van der Waals surface area contributed by atoms with Gasteiger partial charge in [-0.3, -0.25) is 0 Å². The second-order valence-electron chi connectivity index (χ2n) is 4.39. The molecule has 0 fully saturated rings. The summed E-state index contributed by atoms with van der Waals surface area (Å²) in [6.07, 6.45) is 0.948. The molecule has 0 spiro atoms. The lowest BCUT2D eigenvalue weighted by molar-refractivity contribution is 0.146. The van der Waals surface area contributed by atoms with Gasteiger partial charge in [-0.2, -0.15) is 0 Å². The monoisotopic (exact) mass is 271 g/mol. The summed E-state index contributed by atoms with van der Waals surface area (Å²) < 4.78 is 10.5. The largest absolute Gasteiger partial charge is 0.490 e. The van der Waals surface area contributed by atoms with E-state index in [0.717, 1.165) is 12.0 Å². The standard InChI is InChI=1S/C14H22ClNO2/c1-4-13(16)10(2)11-5-6-12(15)14(9-11)18-8-7-17-3/h5-6,9-10,13H,4,7-8,16H2,1-3H3. The van der Waals surface area contributed by atoms with Crippen molar-refractivity contribution in [2.75, 3.05) is 20.3 Å². The smallest absolute Gasteiger partial charge is 0.138 e. The Morgan fingerprint density at radius 3 is 2.67 bits per heavy atom. The van der Waals surface area contributed by atoms with Gasteiger partial charge in [-0.15, -0.1) is 0 Å². The molecule has 0 radical (unpaired) electrons. The number of benzene rings is 1. The normalized spacial score (nSPS) is 14.3. The van der Waals surface area contributed by atoms with Crippen LogP contribution in [-0.2, 0) is 4.74 Å². The Morgan fingerprint density at radius 1 is 1.33 bits per heavy atom. The first-order chi connectivity index (χ1) is 8.60. The summed E-state index contributed by atoms with van der Waals surface area (Å²) in [6.45, 7) is 5.25. The van der Waals surface area contributed by atoms with Gasteiger partial charge < -0.3 is 15.2 Å². The zero-order chi connectivity index (χ0) is 13.5. The van der Waals surface area contributed by atoms with Crippen LogP contribution in [0.3, 0.4) is 0 Å². The van der Waals surface area contributed by atoms with Crippen LogP contribution in [0.2, 0.25) is 5.02 Å². The third-order valence-corrected chi connectivity index (χ3v) is 3.45. The van der Waals surface area contributed by atoms with E-state index in [1.165, 1.54) is 0 Å². The third kappa shape index (κ3) is 4.16. The van der Waals surface area contributed by atoms with Gasteiger partial charge in [0.15, 0.2) is 0 Å². The summed E-state index contributed by atoms with van der Waals surface area (Å²) in [5.41, 5.74) is 7.22. The van der Waals surface area contributed by atoms with Crippen molar-refractivity contribution in [3.05, 3.63) is 28.8 Å². The van der Waals surface area contributed by atoms with E-state index >= 15 is 0 Å². The van der Waals surface area contributed by atoms with Gasteiger partial charge in [0.1, 0.15) is 12.4 Å². The summed E-state index contributed by atoms with van der Waals surface area (Å²) in [4.78, 5) is 0. The second kappa shape index (κ2) is 7.62. The molecular weight excluding hydrogens is 250 g/mol. The van der Waals surface area contributed by atoms with Crippen LogP contribution in [0.1, 0.15) is 31.7 Å². The first-order valence-corrected chi connectivity index (χ1v) is 6.64. The average Bonchev–Trinajstić information content (AvgIpc) is 2.39. The van der Waals surface area contributed by atoms with Crippen LogP contribution in [0.15, 0.2) is 18.2 Å². The molecule has 3 nitrogen and oxygen atoms in total. The Kier molecular flexibility index (Phi) is 6.47. The highest BCUT2D eigenvalue weighted by Crippen LogP contribution is 2.30. The first-order valence-electron chi connectivity index (χ1n) is 6.26. The molecule has 102 valence electrons. The number of hydrogen-bond acceptors (Lipinski definition) is 3. The fourth-order valence-corrected chi connectivity index (χ4v) is 1.92. The van der Waals surface area contributed by atoms with Crippen molar-refractivity contribution in [1.29, 1.82) is 0 Å². The minimum Gasteiger partial charge on any atom is -0.490 e. The summed E-state index contributed by atoms with van der Waals surface area (Å²) in [6, 6.07) is 5.99. The molecule has 1 rings (SSSR count). The maximum Gasteiger partial charge on any atom is 0.138 e. The number of halogens is 1. The van der Waals surface area contributed by atoms with Crippen molar-refractivity contribution < 1.29 is 9.47 Å². The lowest BCUT2D eigenvalue weighted by atomic mass is 9.92. The number of nitrogens with two attached hydrogens (primary N) is 1. The molecule has 1 aromatic rings. The SMILES string of the molecule is CCC(N)C(C)c1ccc(Cl)c(OCCOC)c1. The molecule has 0 aliphatic heterocycles. The molecule has 2 unspecified atom stereocenters. The summed E-state index contributed by atoms with van der Waals surface area (Å²) >= 11 is 6.10. The molecule has 0 heterocycles.